The fourth-order valence-corrected chi connectivity index (χ4v) is 2.75. The smallest absolute Gasteiger partial charge is 0.174 e. The summed E-state index contributed by atoms with van der Waals surface area (Å²) in [6.07, 6.45) is 2.30. The van der Waals surface area contributed by atoms with Crippen LogP contribution >= 0.6 is 0 Å². The van der Waals surface area contributed by atoms with Crippen LogP contribution in [0.1, 0.15) is 26.7 Å². The van der Waals surface area contributed by atoms with Crippen molar-refractivity contribution in [2.75, 3.05) is 14.2 Å². The van der Waals surface area contributed by atoms with Crippen molar-refractivity contribution in [3.05, 3.63) is 11.1 Å². The Bertz CT molecular complexity index is 229. The van der Waals surface area contributed by atoms with E-state index < -0.39 is 0 Å². The molecule has 13 heavy (non-hydrogen) atoms. The molecule has 0 spiro atoms. The van der Waals surface area contributed by atoms with Gasteiger partial charge in [0.2, 0.25) is 0 Å². The van der Waals surface area contributed by atoms with Crippen LogP contribution in [-0.4, -0.2) is 20.0 Å². The van der Waals surface area contributed by atoms with Gasteiger partial charge in [-0.2, -0.15) is 0 Å². The molecule has 0 radical (unpaired) electrons. The molecule has 74 valence electrons. The van der Waals surface area contributed by atoms with Gasteiger partial charge in [-0.25, -0.2) is 0 Å². The number of methoxy groups -OCH3 is 2. The van der Waals surface area contributed by atoms with Crippen LogP contribution in [-0.2, 0) is 9.47 Å². The van der Waals surface area contributed by atoms with Gasteiger partial charge in [0.15, 0.2) is 5.79 Å². The molecule has 0 bridgehead atoms. The number of hydrogen-bond donors (Lipinski definition) is 0. The van der Waals surface area contributed by atoms with Gasteiger partial charge in [-0.05, 0) is 26.7 Å². The van der Waals surface area contributed by atoms with Crippen LogP contribution in [0.2, 0.25) is 0 Å². The largest absolute Gasteiger partial charge is 0.353 e. The second-order valence-corrected chi connectivity index (χ2v) is 4.31. The van der Waals surface area contributed by atoms with Gasteiger partial charge in [-0.15, -0.1) is 0 Å². The summed E-state index contributed by atoms with van der Waals surface area (Å²) in [5.74, 6) is 0.955. The summed E-state index contributed by atoms with van der Waals surface area (Å²) in [6, 6.07) is 0. The second-order valence-electron chi connectivity index (χ2n) is 4.31. The molecule has 0 aliphatic heterocycles. The zero-order chi connectivity index (χ0) is 9.64. The molecule has 2 heteroatoms. The molecule has 0 aromatic carbocycles. The SMILES string of the molecule is COC1(OC)C2CC(C)=C(C)CC21. The van der Waals surface area contributed by atoms with Crippen LogP contribution < -0.4 is 0 Å². The van der Waals surface area contributed by atoms with E-state index in [1.165, 1.54) is 11.1 Å². The lowest BCUT2D eigenvalue weighted by atomic mass is 9.94. The summed E-state index contributed by atoms with van der Waals surface area (Å²) in [4.78, 5) is 0. The van der Waals surface area contributed by atoms with E-state index in [2.05, 4.69) is 13.8 Å². The number of fused-ring (bicyclic) bond motifs is 1. The average molecular weight is 182 g/mol. The minimum absolute atomic E-state index is 0.251. The molecule has 2 nitrogen and oxygen atoms in total. The lowest BCUT2D eigenvalue weighted by molar-refractivity contribution is -0.148. The maximum atomic E-state index is 5.49. The Kier molecular flexibility index (Phi) is 2.00. The molecule has 0 saturated heterocycles. The Morgan fingerprint density at radius 3 is 1.69 bits per heavy atom. The molecule has 2 aliphatic rings. The van der Waals surface area contributed by atoms with Crippen molar-refractivity contribution >= 4 is 0 Å². The van der Waals surface area contributed by atoms with E-state index in [9.17, 15) is 0 Å². The molecular weight excluding hydrogens is 164 g/mol. The Labute approximate surface area is 79.9 Å². The molecule has 0 amide bonds. The molecule has 0 N–H and O–H groups in total. The topological polar surface area (TPSA) is 18.5 Å². The van der Waals surface area contributed by atoms with Crippen LogP contribution in [0.3, 0.4) is 0 Å². The summed E-state index contributed by atoms with van der Waals surface area (Å²) in [5, 5.41) is 0. The molecule has 1 saturated carbocycles. The number of allylic oxidation sites excluding steroid dienone is 2. The zero-order valence-electron chi connectivity index (χ0n) is 8.89. The van der Waals surface area contributed by atoms with Gasteiger partial charge in [0.25, 0.3) is 0 Å². The number of hydrogen-bond acceptors (Lipinski definition) is 2. The second kappa shape index (κ2) is 2.82. The van der Waals surface area contributed by atoms with Crippen molar-refractivity contribution < 1.29 is 9.47 Å². The Morgan fingerprint density at radius 2 is 1.38 bits per heavy atom. The van der Waals surface area contributed by atoms with E-state index in [0.717, 1.165) is 12.8 Å². The summed E-state index contributed by atoms with van der Waals surface area (Å²) in [7, 11) is 3.51. The van der Waals surface area contributed by atoms with E-state index in [4.69, 9.17) is 9.47 Å². The lowest BCUT2D eigenvalue weighted by Gasteiger charge is -2.13. The van der Waals surface area contributed by atoms with E-state index in [-0.39, 0.29) is 5.79 Å². The summed E-state index contributed by atoms with van der Waals surface area (Å²) in [5.41, 5.74) is 3.05. The maximum Gasteiger partial charge on any atom is 0.174 e. The first-order valence-corrected chi connectivity index (χ1v) is 4.91. The van der Waals surface area contributed by atoms with Gasteiger partial charge < -0.3 is 9.47 Å². The van der Waals surface area contributed by atoms with Crippen LogP contribution in [0.25, 0.3) is 0 Å². The van der Waals surface area contributed by atoms with Gasteiger partial charge >= 0.3 is 0 Å². The summed E-state index contributed by atoms with van der Waals surface area (Å²) >= 11 is 0. The Balaban J connectivity index is 2.15. The van der Waals surface area contributed by atoms with Crippen molar-refractivity contribution in [1.29, 1.82) is 0 Å². The summed E-state index contributed by atoms with van der Waals surface area (Å²) < 4.78 is 11.0. The first-order valence-electron chi connectivity index (χ1n) is 4.91. The van der Waals surface area contributed by atoms with Gasteiger partial charge in [-0.1, -0.05) is 11.1 Å². The van der Waals surface area contributed by atoms with E-state index >= 15 is 0 Å². The van der Waals surface area contributed by atoms with Crippen molar-refractivity contribution in [2.24, 2.45) is 11.8 Å². The predicted octanol–water partition coefficient (Wildman–Crippen LogP) is 2.35. The highest BCUT2D eigenvalue weighted by Gasteiger charge is 2.67. The van der Waals surface area contributed by atoms with E-state index in [0.29, 0.717) is 11.8 Å². The highest BCUT2D eigenvalue weighted by molar-refractivity contribution is 5.25. The fraction of sp³-hybridized carbons (Fsp3) is 0.818. The molecule has 0 aromatic heterocycles. The number of rotatable bonds is 2. The molecule has 1 fully saturated rings. The molecule has 0 heterocycles. The normalized spacial score (nSPS) is 36.0. The third-order valence-corrected chi connectivity index (χ3v) is 3.83. The van der Waals surface area contributed by atoms with Gasteiger partial charge in [0.1, 0.15) is 0 Å². The fourth-order valence-electron chi connectivity index (χ4n) is 2.75. The minimum atomic E-state index is -0.251. The standard InChI is InChI=1S/C11H18O2/c1-7-5-9-10(6-8(7)2)11(9,12-3)13-4/h9-10H,5-6H2,1-4H3. The summed E-state index contributed by atoms with van der Waals surface area (Å²) in [6.45, 7) is 4.44. The monoisotopic (exact) mass is 182 g/mol. The van der Waals surface area contributed by atoms with Crippen LogP contribution in [0.4, 0.5) is 0 Å². The highest BCUT2D eigenvalue weighted by Crippen LogP contribution is 2.61. The third-order valence-electron chi connectivity index (χ3n) is 3.83. The van der Waals surface area contributed by atoms with Crippen molar-refractivity contribution in [3.63, 3.8) is 0 Å². The molecule has 2 rings (SSSR count). The first kappa shape index (κ1) is 9.22. The van der Waals surface area contributed by atoms with Gasteiger partial charge in [-0.3, -0.25) is 0 Å². The van der Waals surface area contributed by atoms with Crippen molar-refractivity contribution in [2.45, 2.75) is 32.5 Å². The first-order chi connectivity index (χ1) is 6.15. The Morgan fingerprint density at radius 1 is 1.00 bits per heavy atom. The van der Waals surface area contributed by atoms with Gasteiger partial charge in [0.05, 0.1) is 0 Å². The zero-order valence-corrected chi connectivity index (χ0v) is 8.89. The van der Waals surface area contributed by atoms with E-state index in [1.807, 2.05) is 0 Å². The molecule has 0 aromatic rings. The molecular formula is C11H18O2. The maximum absolute atomic E-state index is 5.49. The van der Waals surface area contributed by atoms with Crippen LogP contribution in [0.15, 0.2) is 11.1 Å². The lowest BCUT2D eigenvalue weighted by Crippen LogP contribution is -2.19. The number of ether oxygens (including phenoxy) is 2. The quantitative estimate of drug-likeness (QED) is 0.482. The van der Waals surface area contributed by atoms with Crippen LogP contribution in [0, 0.1) is 11.8 Å². The van der Waals surface area contributed by atoms with Gasteiger partial charge in [0, 0.05) is 26.1 Å². The van der Waals surface area contributed by atoms with Crippen LogP contribution in [0.5, 0.6) is 0 Å². The molecule has 2 atom stereocenters. The minimum Gasteiger partial charge on any atom is -0.353 e. The average Bonchev–Trinajstić information content (AvgIpc) is 2.74. The Hall–Kier alpha value is -0.340. The van der Waals surface area contributed by atoms with Crippen molar-refractivity contribution in [3.8, 4) is 0 Å². The third kappa shape index (κ3) is 1.09. The highest BCUT2D eigenvalue weighted by atomic mass is 16.7. The van der Waals surface area contributed by atoms with Crippen molar-refractivity contribution in [1.82, 2.24) is 0 Å². The molecule has 2 aliphatic carbocycles. The predicted molar refractivity (Wildman–Crippen MR) is 51.3 cm³/mol. The van der Waals surface area contributed by atoms with E-state index in [1.54, 1.807) is 14.2 Å². The molecule has 2 unspecified atom stereocenters.